The third-order valence-electron chi connectivity index (χ3n) is 2.97. The van der Waals surface area contributed by atoms with Crippen LogP contribution in [0.5, 0.6) is 0 Å². The summed E-state index contributed by atoms with van der Waals surface area (Å²) in [5.74, 6) is 0. The minimum Gasteiger partial charge on any atom is -0.313 e. The Morgan fingerprint density at radius 1 is 1.18 bits per heavy atom. The molecule has 0 rings (SSSR count). The first-order chi connectivity index (χ1) is 7.85. The molecule has 0 aromatic carbocycles. The summed E-state index contributed by atoms with van der Waals surface area (Å²) >= 11 is 0. The number of likely N-dealkylation sites (N-methyl/N-ethyl adjacent to an activating group) is 1. The second-order valence-electron chi connectivity index (χ2n) is 6.65. The van der Waals surface area contributed by atoms with Crippen molar-refractivity contribution in [1.29, 1.82) is 0 Å². The molecule has 2 heteroatoms. The van der Waals surface area contributed by atoms with E-state index in [9.17, 15) is 0 Å². The van der Waals surface area contributed by atoms with E-state index in [1.54, 1.807) is 0 Å². The van der Waals surface area contributed by atoms with Crippen LogP contribution in [-0.2, 0) is 0 Å². The van der Waals surface area contributed by atoms with E-state index in [4.69, 9.17) is 0 Å². The van der Waals surface area contributed by atoms with E-state index in [1.165, 1.54) is 32.2 Å². The molecule has 0 aliphatic carbocycles. The number of nitrogens with zero attached hydrogens (tertiary/aromatic N) is 1. The Labute approximate surface area is 109 Å². The summed E-state index contributed by atoms with van der Waals surface area (Å²) in [4.78, 5) is 2.42. The standard InChI is InChI=1S/C15H34N2/c1-7-8-9-10-14(2)16-11-12-17(6)13-15(3,4)5/h14,16H,7-13H2,1-6H3. The minimum atomic E-state index is 0.404. The Hall–Kier alpha value is -0.0800. The first kappa shape index (κ1) is 16.9. The fourth-order valence-electron chi connectivity index (χ4n) is 2.19. The fourth-order valence-corrected chi connectivity index (χ4v) is 2.19. The van der Waals surface area contributed by atoms with Gasteiger partial charge in [-0.1, -0.05) is 47.0 Å². The van der Waals surface area contributed by atoms with Crippen LogP contribution < -0.4 is 5.32 Å². The van der Waals surface area contributed by atoms with E-state index in [-0.39, 0.29) is 0 Å². The summed E-state index contributed by atoms with van der Waals surface area (Å²) in [6.07, 6.45) is 5.37. The van der Waals surface area contributed by atoms with Gasteiger partial charge in [-0.2, -0.15) is 0 Å². The lowest BCUT2D eigenvalue weighted by molar-refractivity contribution is 0.225. The predicted molar refractivity (Wildman–Crippen MR) is 78.6 cm³/mol. The van der Waals surface area contributed by atoms with Crippen LogP contribution in [-0.4, -0.2) is 37.6 Å². The number of hydrogen-bond donors (Lipinski definition) is 1. The van der Waals surface area contributed by atoms with Gasteiger partial charge in [0.15, 0.2) is 0 Å². The maximum absolute atomic E-state index is 3.62. The lowest BCUT2D eigenvalue weighted by Gasteiger charge is -2.27. The summed E-state index contributed by atoms with van der Waals surface area (Å²) in [7, 11) is 2.22. The van der Waals surface area contributed by atoms with Gasteiger partial charge in [-0.05, 0) is 25.8 Å². The van der Waals surface area contributed by atoms with Crippen molar-refractivity contribution in [1.82, 2.24) is 10.2 Å². The van der Waals surface area contributed by atoms with Crippen LogP contribution in [0.15, 0.2) is 0 Å². The molecule has 0 saturated carbocycles. The van der Waals surface area contributed by atoms with Gasteiger partial charge in [-0.15, -0.1) is 0 Å². The highest BCUT2D eigenvalue weighted by molar-refractivity contribution is 4.68. The predicted octanol–water partition coefficient (Wildman–Crippen LogP) is 3.52. The molecule has 0 radical (unpaired) electrons. The Kier molecular flexibility index (Phi) is 8.89. The molecule has 0 aliphatic heterocycles. The third-order valence-corrected chi connectivity index (χ3v) is 2.97. The zero-order valence-corrected chi connectivity index (χ0v) is 13.0. The molecule has 0 spiro atoms. The van der Waals surface area contributed by atoms with Crippen molar-refractivity contribution in [2.45, 2.75) is 66.3 Å². The number of rotatable bonds is 9. The van der Waals surface area contributed by atoms with Crippen molar-refractivity contribution in [2.24, 2.45) is 5.41 Å². The molecule has 0 bridgehead atoms. The van der Waals surface area contributed by atoms with Crippen LogP contribution in [0.3, 0.4) is 0 Å². The van der Waals surface area contributed by atoms with Gasteiger partial charge in [0.05, 0.1) is 0 Å². The molecular formula is C15H34N2. The molecule has 1 unspecified atom stereocenters. The molecule has 0 saturated heterocycles. The van der Waals surface area contributed by atoms with E-state index in [0.29, 0.717) is 11.5 Å². The highest BCUT2D eigenvalue weighted by atomic mass is 15.1. The van der Waals surface area contributed by atoms with Crippen molar-refractivity contribution < 1.29 is 0 Å². The van der Waals surface area contributed by atoms with Crippen molar-refractivity contribution in [2.75, 3.05) is 26.7 Å². The van der Waals surface area contributed by atoms with E-state index < -0.39 is 0 Å². The second-order valence-corrected chi connectivity index (χ2v) is 6.65. The molecule has 0 aromatic rings. The van der Waals surface area contributed by atoms with Crippen LogP contribution in [0, 0.1) is 5.41 Å². The van der Waals surface area contributed by atoms with Crippen molar-refractivity contribution >= 4 is 0 Å². The van der Waals surface area contributed by atoms with Crippen LogP contribution in [0.1, 0.15) is 60.3 Å². The van der Waals surface area contributed by atoms with Crippen LogP contribution in [0.2, 0.25) is 0 Å². The first-order valence-electron chi connectivity index (χ1n) is 7.27. The van der Waals surface area contributed by atoms with E-state index in [0.717, 1.165) is 13.1 Å². The Balaban J connectivity index is 3.49. The Morgan fingerprint density at radius 3 is 2.35 bits per heavy atom. The molecule has 2 nitrogen and oxygen atoms in total. The van der Waals surface area contributed by atoms with Crippen molar-refractivity contribution in [3.63, 3.8) is 0 Å². The highest BCUT2D eigenvalue weighted by Crippen LogP contribution is 2.13. The van der Waals surface area contributed by atoms with Gasteiger partial charge >= 0.3 is 0 Å². The number of hydrogen-bond acceptors (Lipinski definition) is 2. The molecule has 0 amide bonds. The topological polar surface area (TPSA) is 15.3 Å². The van der Waals surface area contributed by atoms with Crippen molar-refractivity contribution in [3.05, 3.63) is 0 Å². The molecule has 1 atom stereocenters. The maximum atomic E-state index is 3.62. The first-order valence-corrected chi connectivity index (χ1v) is 7.27. The summed E-state index contributed by atoms with van der Waals surface area (Å²) < 4.78 is 0. The van der Waals surface area contributed by atoms with Crippen molar-refractivity contribution in [3.8, 4) is 0 Å². The summed E-state index contributed by atoms with van der Waals surface area (Å²) in [5, 5.41) is 3.62. The fraction of sp³-hybridized carbons (Fsp3) is 1.00. The zero-order chi connectivity index (χ0) is 13.3. The number of nitrogens with one attached hydrogen (secondary N) is 1. The lowest BCUT2D eigenvalue weighted by Crippen LogP contribution is -2.37. The third kappa shape index (κ3) is 12.2. The van der Waals surface area contributed by atoms with E-state index >= 15 is 0 Å². The molecule has 0 fully saturated rings. The molecule has 0 aromatic heterocycles. The van der Waals surface area contributed by atoms with Crippen LogP contribution in [0.25, 0.3) is 0 Å². The van der Waals surface area contributed by atoms with Gasteiger partial charge < -0.3 is 10.2 Å². The van der Waals surface area contributed by atoms with Gasteiger partial charge in [0.25, 0.3) is 0 Å². The normalized spacial score (nSPS) is 14.3. The molecule has 1 N–H and O–H groups in total. The smallest absolute Gasteiger partial charge is 0.0104 e. The average molecular weight is 242 g/mol. The minimum absolute atomic E-state index is 0.404. The van der Waals surface area contributed by atoms with Crippen LogP contribution in [0.4, 0.5) is 0 Å². The van der Waals surface area contributed by atoms with E-state index in [1.807, 2.05) is 0 Å². The molecule has 17 heavy (non-hydrogen) atoms. The maximum Gasteiger partial charge on any atom is 0.0104 e. The van der Waals surface area contributed by atoms with Gasteiger partial charge in [-0.3, -0.25) is 0 Å². The molecule has 0 heterocycles. The SMILES string of the molecule is CCCCCC(C)NCCN(C)CC(C)(C)C. The summed E-state index contributed by atoms with van der Waals surface area (Å²) in [5.41, 5.74) is 0.404. The van der Waals surface area contributed by atoms with Gasteiger partial charge in [0.1, 0.15) is 0 Å². The summed E-state index contributed by atoms with van der Waals surface area (Å²) in [6, 6.07) is 0.671. The van der Waals surface area contributed by atoms with Crippen LogP contribution >= 0.6 is 0 Å². The molecule has 104 valence electrons. The van der Waals surface area contributed by atoms with Gasteiger partial charge in [0, 0.05) is 25.7 Å². The zero-order valence-electron chi connectivity index (χ0n) is 13.0. The monoisotopic (exact) mass is 242 g/mol. The van der Waals surface area contributed by atoms with Gasteiger partial charge in [-0.25, -0.2) is 0 Å². The second kappa shape index (κ2) is 8.93. The summed E-state index contributed by atoms with van der Waals surface area (Å²) in [6.45, 7) is 14.9. The van der Waals surface area contributed by atoms with E-state index in [2.05, 4.69) is 51.9 Å². The largest absolute Gasteiger partial charge is 0.313 e. The average Bonchev–Trinajstić information content (AvgIpc) is 2.15. The molecule has 0 aliphatic rings. The quantitative estimate of drug-likeness (QED) is 0.622. The number of unbranched alkanes of at least 4 members (excludes halogenated alkanes) is 2. The Morgan fingerprint density at radius 2 is 1.82 bits per heavy atom. The van der Waals surface area contributed by atoms with Gasteiger partial charge in [0.2, 0.25) is 0 Å². The Bertz CT molecular complexity index is 172. The molecular weight excluding hydrogens is 208 g/mol. The highest BCUT2D eigenvalue weighted by Gasteiger charge is 2.13. The lowest BCUT2D eigenvalue weighted by atomic mass is 9.96.